The van der Waals surface area contributed by atoms with E-state index in [0.29, 0.717) is 10.4 Å². The van der Waals surface area contributed by atoms with Crippen LogP contribution in [0, 0.1) is 0 Å². The van der Waals surface area contributed by atoms with Gasteiger partial charge in [0.15, 0.2) is 0 Å². The van der Waals surface area contributed by atoms with Crippen molar-refractivity contribution in [3.8, 4) is 5.75 Å². The number of carbonyl (C=O) groups is 1. The van der Waals surface area contributed by atoms with Crippen LogP contribution in [0.3, 0.4) is 0 Å². The van der Waals surface area contributed by atoms with Crippen molar-refractivity contribution in [1.82, 2.24) is 5.43 Å². The minimum absolute atomic E-state index is 0.127. The number of hydrogen-bond acceptors (Lipinski definition) is 4. The molecule has 2 N–H and O–H groups in total. The Balaban J connectivity index is 1.99. The van der Waals surface area contributed by atoms with Gasteiger partial charge in [-0.3, -0.25) is 4.79 Å². The highest BCUT2D eigenvalue weighted by atomic mass is 32.1. The zero-order chi connectivity index (χ0) is 12.1. The Morgan fingerprint density at radius 1 is 1.29 bits per heavy atom. The molecule has 4 nitrogen and oxygen atoms in total. The lowest BCUT2D eigenvalue weighted by molar-refractivity contribution is 0.0959. The maximum atomic E-state index is 11.5. The molecule has 1 aromatic heterocycles. The van der Waals surface area contributed by atoms with Gasteiger partial charge in [-0.25, -0.2) is 5.43 Å². The van der Waals surface area contributed by atoms with Crippen LogP contribution in [0.1, 0.15) is 15.2 Å². The van der Waals surface area contributed by atoms with E-state index < -0.39 is 0 Å². The molecule has 0 fully saturated rings. The molecule has 0 aliphatic carbocycles. The van der Waals surface area contributed by atoms with Crippen molar-refractivity contribution in [2.45, 2.75) is 0 Å². The first-order valence-electron chi connectivity index (χ1n) is 4.92. The number of carbonyl (C=O) groups excluding carboxylic acids is 1. The van der Waals surface area contributed by atoms with Crippen LogP contribution < -0.4 is 5.43 Å². The van der Waals surface area contributed by atoms with Crippen LogP contribution in [0.15, 0.2) is 46.9 Å². The molecule has 0 unspecified atom stereocenters. The standard InChI is InChI=1S/C12H10N2O2S/c15-10-5-2-1-4-9(10)8-13-14-12(16)11-6-3-7-17-11/h1-8,15H,(H,14,16). The molecule has 0 radical (unpaired) electrons. The third-order valence-corrected chi connectivity index (χ3v) is 2.92. The number of phenolic OH excluding ortho intramolecular Hbond substituents is 1. The third-order valence-electron chi connectivity index (χ3n) is 2.05. The summed E-state index contributed by atoms with van der Waals surface area (Å²) in [6, 6.07) is 10.3. The van der Waals surface area contributed by atoms with Crippen molar-refractivity contribution < 1.29 is 9.90 Å². The summed E-state index contributed by atoms with van der Waals surface area (Å²) in [4.78, 5) is 12.1. The Labute approximate surface area is 102 Å². The highest BCUT2D eigenvalue weighted by molar-refractivity contribution is 7.12. The zero-order valence-electron chi connectivity index (χ0n) is 8.83. The average molecular weight is 246 g/mol. The number of benzene rings is 1. The fourth-order valence-electron chi connectivity index (χ4n) is 1.22. The van der Waals surface area contributed by atoms with Gasteiger partial charge in [0.25, 0.3) is 5.91 Å². The van der Waals surface area contributed by atoms with Gasteiger partial charge in [0.2, 0.25) is 0 Å². The highest BCUT2D eigenvalue weighted by Gasteiger charge is 2.03. The molecule has 2 aromatic rings. The molecule has 1 amide bonds. The second-order valence-corrected chi connectivity index (χ2v) is 4.18. The van der Waals surface area contributed by atoms with Gasteiger partial charge < -0.3 is 5.11 Å². The molecule has 2 rings (SSSR count). The highest BCUT2D eigenvalue weighted by Crippen LogP contribution is 2.12. The summed E-state index contributed by atoms with van der Waals surface area (Å²) in [5.41, 5.74) is 2.95. The molecule has 17 heavy (non-hydrogen) atoms. The van der Waals surface area contributed by atoms with E-state index in [1.54, 1.807) is 36.4 Å². The van der Waals surface area contributed by atoms with Gasteiger partial charge in [-0.05, 0) is 23.6 Å². The van der Waals surface area contributed by atoms with E-state index in [9.17, 15) is 9.90 Å². The number of nitrogens with one attached hydrogen (secondary N) is 1. The normalized spacial score (nSPS) is 10.6. The topological polar surface area (TPSA) is 61.7 Å². The number of aromatic hydroxyl groups is 1. The van der Waals surface area contributed by atoms with E-state index in [1.807, 2.05) is 5.38 Å². The summed E-state index contributed by atoms with van der Waals surface area (Å²) < 4.78 is 0. The predicted molar refractivity (Wildman–Crippen MR) is 67.5 cm³/mol. The molecule has 1 heterocycles. The molecule has 0 saturated heterocycles. The molecular formula is C12H10N2O2S. The van der Waals surface area contributed by atoms with Crippen LogP contribution in [-0.4, -0.2) is 17.2 Å². The summed E-state index contributed by atoms with van der Waals surface area (Å²) >= 11 is 1.35. The lowest BCUT2D eigenvalue weighted by Gasteiger charge is -1.97. The molecule has 0 atom stereocenters. The number of amides is 1. The molecular weight excluding hydrogens is 236 g/mol. The number of phenols is 1. The molecule has 86 valence electrons. The Morgan fingerprint density at radius 3 is 2.82 bits per heavy atom. The monoisotopic (exact) mass is 246 g/mol. The first-order valence-corrected chi connectivity index (χ1v) is 5.80. The number of rotatable bonds is 3. The Morgan fingerprint density at radius 2 is 2.12 bits per heavy atom. The van der Waals surface area contributed by atoms with Crippen molar-refractivity contribution in [2.24, 2.45) is 5.10 Å². The summed E-state index contributed by atoms with van der Waals surface area (Å²) in [6.45, 7) is 0. The smallest absolute Gasteiger partial charge is 0.281 e. The number of hydrogen-bond donors (Lipinski definition) is 2. The lowest BCUT2D eigenvalue weighted by Crippen LogP contribution is -2.16. The molecule has 0 saturated carbocycles. The molecule has 0 bridgehead atoms. The molecule has 1 aromatic carbocycles. The van der Waals surface area contributed by atoms with E-state index in [2.05, 4.69) is 10.5 Å². The van der Waals surface area contributed by atoms with Crippen LogP contribution >= 0.6 is 11.3 Å². The van der Waals surface area contributed by atoms with Crippen LogP contribution in [0.2, 0.25) is 0 Å². The maximum absolute atomic E-state index is 11.5. The Hall–Kier alpha value is -2.14. The van der Waals surface area contributed by atoms with Gasteiger partial charge in [0, 0.05) is 5.56 Å². The van der Waals surface area contributed by atoms with Crippen LogP contribution in [-0.2, 0) is 0 Å². The minimum Gasteiger partial charge on any atom is -0.507 e. The molecule has 0 spiro atoms. The minimum atomic E-state index is -0.258. The molecule has 5 heteroatoms. The van der Waals surface area contributed by atoms with E-state index >= 15 is 0 Å². The summed E-state index contributed by atoms with van der Waals surface area (Å²) in [5, 5.41) is 15.1. The fraction of sp³-hybridized carbons (Fsp3) is 0. The quantitative estimate of drug-likeness (QED) is 0.644. The van der Waals surface area contributed by atoms with Gasteiger partial charge in [-0.2, -0.15) is 5.10 Å². The van der Waals surface area contributed by atoms with Crippen LogP contribution in [0.4, 0.5) is 0 Å². The first kappa shape index (κ1) is 11.3. The summed E-state index contributed by atoms with van der Waals surface area (Å²) in [5.74, 6) is -0.131. The van der Waals surface area contributed by atoms with Gasteiger partial charge in [0.05, 0.1) is 11.1 Å². The maximum Gasteiger partial charge on any atom is 0.281 e. The lowest BCUT2D eigenvalue weighted by atomic mass is 10.2. The second-order valence-electron chi connectivity index (χ2n) is 3.24. The van der Waals surface area contributed by atoms with E-state index in [4.69, 9.17) is 0 Å². The molecule has 0 aliphatic rings. The van der Waals surface area contributed by atoms with Gasteiger partial charge in [-0.15, -0.1) is 11.3 Å². The van der Waals surface area contributed by atoms with Gasteiger partial charge in [-0.1, -0.05) is 18.2 Å². The summed E-state index contributed by atoms with van der Waals surface area (Å²) in [7, 11) is 0. The largest absolute Gasteiger partial charge is 0.507 e. The van der Waals surface area contributed by atoms with Crippen LogP contribution in [0.25, 0.3) is 0 Å². The zero-order valence-corrected chi connectivity index (χ0v) is 9.65. The molecule has 0 aliphatic heterocycles. The first-order chi connectivity index (χ1) is 8.27. The van der Waals surface area contributed by atoms with Gasteiger partial charge >= 0.3 is 0 Å². The van der Waals surface area contributed by atoms with Crippen LogP contribution in [0.5, 0.6) is 5.75 Å². The average Bonchev–Trinajstić information content (AvgIpc) is 2.85. The predicted octanol–water partition coefficient (Wildman–Crippen LogP) is 2.22. The van der Waals surface area contributed by atoms with Crippen molar-refractivity contribution in [3.05, 3.63) is 52.2 Å². The van der Waals surface area contributed by atoms with Crippen molar-refractivity contribution in [3.63, 3.8) is 0 Å². The Kier molecular flexibility index (Phi) is 3.52. The Bertz CT molecular complexity index is 535. The van der Waals surface area contributed by atoms with E-state index in [1.165, 1.54) is 17.6 Å². The van der Waals surface area contributed by atoms with Gasteiger partial charge in [0.1, 0.15) is 5.75 Å². The summed E-state index contributed by atoms with van der Waals surface area (Å²) in [6.07, 6.45) is 1.40. The number of hydrazone groups is 1. The van der Waals surface area contributed by atoms with Crippen molar-refractivity contribution >= 4 is 23.5 Å². The number of para-hydroxylation sites is 1. The van der Waals surface area contributed by atoms with Crippen molar-refractivity contribution in [2.75, 3.05) is 0 Å². The fourth-order valence-corrected chi connectivity index (χ4v) is 1.83. The van der Waals surface area contributed by atoms with E-state index in [-0.39, 0.29) is 11.7 Å². The van der Waals surface area contributed by atoms with Crippen molar-refractivity contribution in [1.29, 1.82) is 0 Å². The number of nitrogens with zero attached hydrogens (tertiary/aromatic N) is 1. The number of thiophene rings is 1. The van der Waals surface area contributed by atoms with E-state index in [0.717, 1.165) is 0 Å². The third kappa shape index (κ3) is 2.92. The SMILES string of the molecule is O=C(NN=Cc1ccccc1O)c1cccs1. The second kappa shape index (κ2) is 5.27.